The van der Waals surface area contributed by atoms with Crippen LogP contribution in [-0.4, -0.2) is 0 Å². The van der Waals surface area contributed by atoms with Gasteiger partial charge in [0.15, 0.2) is 0 Å². The lowest BCUT2D eigenvalue weighted by molar-refractivity contribution is 1.16. The third-order valence-corrected chi connectivity index (χ3v) is 6.38. The zero-order chi connectivity index (χ0) is 14.7. The van der Waals surface area contributed by atoms with Crippen LogP contribution in [0.2, 0.25) is 0 Å². The monoisotopic (exact) mass is 420 g/mol. The average molecular weight is 422 g/mol. The van der Waals surface area contributed by atoms with E-state index in [9.17, 15) is 0 Å². The second-order valence-corrected chi connectivity index (χ2v) is 8.32. The predicted molar refractivity (Wildman–Crippen MR) is 98.5 cm³/mol. The van der Waals surface area contributed by atoms with Gasteiger partial charge in [-0.15, -0.1) is 11.3 Å². The van der Waals surface area contributed by atoms with Crippen LogP contribution in [0.1, 0.15) is 26.4 Å². The smallest absolute Gasteiger partial charge is 0.0738 e. The molecule has 0 aliphatic heterocycles. The SMILES string of the molecule is Brc1ccc(C(Br)c2ccc(Cc3ccccc3)cc2)s1. The number of benzene rings is 2. The van der Waals surface area contributed by atoms with Crippen LogP contribution in [0.4, 0.5) is 0 Å². The van der Waals surface area contributed by atoms with Crippen LogP contribution in [0.15, 0.2) is 70.5 Å². The Kier molecular flexibility index (Phi) is 4.94. The fourth-order valence-corrected chi connectivity index (χ4v) is 4.43. The fraction of sp³-hybridized carbons (Fsp3) is 0.111. The van der Waals surface area contributed by atoms with Crippen molar-refractivity contribution in [3.05, 3.63) is 92.1 Å². The molecule has 0 amide bonds. The predicted octanol–water partition coefficient (Wildman–Crippen LogP) is 6.59. The molecule has 21 heavy (non-hydrogen) atoms. The Labute approximate surface area is 146 Å². The summed E-state index contributed by atoms with van der Waals surface area (Å²) in [6, 6.07) is 23.7. The van der Waals surface area contributed by atoms with Crippen LogP contribution < -0.4 is 0 Å². The van der Waals surface area contributed by atoms with Gasteiger partial charge in [0.25, 0.3) is 0 Å². The zero-order valence-corrected chi connectivity index (χ0v) is 15.3. The van der Waals surface area contributed by atoms with Crippen molar-refractivity contribution >= 4 is 43.2 Å². The molecule has 0 N–H and O–H groups in total. The molecular weight excluding hydrogens is 408 g/mol. The van der Waals surface area contributed by atoms with Gasteiger partial charge in [-0.3, -0.25) is 0 Å². The van der Waals surface area contributed by atoms with Gasteiger partial charge < -0.3 is 0 Å². The molecule has 0 radical (unpaired) electrons. The first-order valence-corrected chi connectivity index (χ1v) is 9.27. The van der Waals surface area contributed by atoms with Gasteiger partial charge >= 0.3 is 0 Å². The van der Waals surface area contributed by atoms with E-state index in [-0.39, 0.29) is 4.83 Å². The highest BCUT2D eigenvalue weighted by molar-refractivity contribution is 9.11. The lowest BCUT2D eigenvalue weighted by atomic mass is 10.0. The summed E-state index contributed by atoms with van der Waals surface area (Å²) < 4.78 is 1.17. The Bertz CT molecular complexity index is 702. The second kappa shape index (κ2) is 6.91. The van der Waals surface area contributed by atoms with Crippen molar-refractivity contribution < 1.29 is 0 Å². The number of hydrogen-bond donors (Lipinski definition) is 0. The van der Waals surface area contributed by atoms with Crippen molar-refractivity contribution in [3.8, 4) is 0 Å². The third kappa shape index (κ3) is 3.85. The van der Waals surface area contributed by atoms with Gasteiger partial charge in [0, 0.05) is 4.88 Å². The van der Waals surface area contributed by atoms with Crippen molar-refractivity contribution in [1.82, 2.24) is 0 Å². The Morgan fingerprint density at radius 1 is 0.810 bits per heavy atom. The molecule has 1 aromatic heterocycles. The molecule has 0 aliphatic carbocycles. The lowest BCUT2D eigenvalue weighted by Crippen LogP contribution is -1.92. The molecule has 0 spiro atoms. The summed E-state index contributed by atoms with van der Waals surface area (Å²) in [7, 11) is 0. The Morgan fingerprint density at radius 3 is 2.10 bits per heavy atom. The molecule has 1 atom stereocenters. The molecule has 0 nitrogen and oxygen atoms in total. The van der Waals surface area contributed by atoms with Crippen molar-refractivity contribution in [1.29, 1.82) is 0 Å². The summed E-state index contributed by atoms with van der Waals surface area (Å²) in [5.74, 6) is 0. The summed E-state index contributed by atoms with van der Waals surface area (Å²) in [6.07, 6.45) is 0.985. The number of halogens is 2. The molecule has 106 valence electrons. The minimum atomic E-state index is 0.263. The third-order valence-electron chi connectivity index (χ3n) is 3.37. The van der Waals surface area contributed by atoms with Crippen LogP contribution in [0, 0.1) is 0 Å². The van der Waals surface area contributed by atoms with Gasteiger partial charge in [0.2, 0.25) is 0 Å². The van der Waals surface area contributed by atoms with Crippen LogP contribution in [0.25, 0.3) is 0 Å². The Hall–Kier alpha value is -0.900. The lowest BCUT2D eigenvalue weighted by Gasteiger charge is -2.09. The number of rotatable bonds is 4. The van der Waals surface area contributed by atoms with E-state index in [1.807, 2.05) is 0 Å². The first-order chi connectivity index (χ1) is 10.2. The highest BCUT2D eigenvalue weighted by Crippen LogP contribution is 2.37. The van der Waals surface area contributed by atoms with Gasteiger partial charge in [0.05, 0.1) is 8.61 Å². The van der Waals surface area contributed by atoms with E-state index >= 15 is 0 Å². The van der Waals surface area contributed by atoms with E-state index in [0.29, 0.717) is 0 Å². The maximum absolute atomic E-state index is 3.79. The summed E-state index contributed by atoms with van der Waals surface area (Å²) in [5.41, 5.74) is 3.99. The van der Waals surface area contributed by atoms with E-state index in [1.165, 1.54) is 25.4 Å². The Morgan fingerprint density at radius 2 is 1.48 bits per heavy atom. The fourth-order valence-electron chi connectivity index (χ4n) is 2.26. The molecule has 2 aromatic carbocycles. The van der Waals surface area contributed by atoms with Crippen LogP contribution in [-0.2, 0) is 6.42 Å². The molecule has 0 saturated heterocycles. The minimum absolute atomic E-state index is 0.263. The molecule has 0 bridgehead atoms. The molecule has 3 heteroatoms. The molecule has 3 rings (SSSR count). The van der Waals surface area contributed by atoms with Gasteiger partial charge in [-0.1, -0.05) is 70.5 Å². The second-order valence-electron chi connectivity index (χ2n) is 4.91. The standard InChI is InChI=1S/C18H14Br2S/c19-17-11-10-16(21-17)18(20)15-8-6-14(7-9-15)12-13-4-2-1-3-5-13/h1-11,18H,12H2. The topological polar surface area (TPSA) is 0 Å². The highest BCUT2D eigenvalue weighted by atomic mass is 79.9. The zero-order valence-electron chi connectivity index (χ0n) is 11.3. The largest absolute Gasteiger partial charge is 0.132 e. The molecule has 0 aliphatic rings. The van der Waals surface area contributed by atoms with Crippen molar-refractivity contribution in [3.63, 3.8) is 0 Å². The number of thiophene rings is 1. The molecule has 0 fully saturated rings. The minimum Gasteiger partial charge on any atom is -0.132 e. The molecule has 0 saturated carbocycles. The van der Waals surface area contributed by atoms with E-state index in [1.54, 1.807) is 11.3 Å². The van der Waals surface area contributed by atoms with E-state index in [2.05, 4.69) is 98.6 Å². The van der Waals surface area contributed by atoms with E-state index in [0.717, 1.165) is 6.42 Å². The summed E-state index contributed by atoms with van der Waals surface area (Å²) in [4.78, 5) is 1.58. The quantitative estimate of drug-likeness (QED) is 0.417. The number of hydrogen-bond acceptors (Lipinski definition) is 1. The summed E-state index contributed by atoms with van der Waals surface area (Å²) in [6.45, 7) is 0. The van der Waals surface area contributed by atoms with Gasteiger partial charge in [-0.2, -0.15) is 0 Å². The molecular formula is C18H14Br2S. The first-order valence-electron chi connectivity index (χ1n) is 6.74. The van der Waals surface area contributed by atoms with E-state index in [4.69, 9.17) is 0 Å². The maximum atomic E-state index is 3.79. The van der Waals surface area contributed by atoms with Crippen LogP contribution in [0.5, 0.6) is 0 Å². The normalized spacial score (nSPS) is 12.3. The summed E-state index contributed by atoms with van der Waals surface area (Å²) >= 11 is 9.08. The van der Waals surface area contributed by atoms with Crippen molar-refractivity contribution in [2.24, 2.45) is 0 Å². The molecule has 1 heterocycles. The van der Waals surface area contributed by atoms with Gasteiger partial charge in [-0.25, -0.2) is 0 Å². The summed E-state index contributed by atoms with van der Waals surface area (Å²) in [5, 5.41) is 0. The highest BCUT2D eigenvalue weighted by Gasteiger charge is 2.12. The van der Waals surface area contributed by atoms with Crippen molar-refractivity contribution in [2.75, 3.05) is 0 Å². The molecule has 1 unspecified atom stereocenters. The van der Waals surface area contributed by atoms with Gasteiger partial charge in [-0.05, 0) is 51.2 Å². The van der Waals surface area contributed by atoms with E-state index < -0.39 is 0 Å². The van der Waals surface area contributed by atoms with Gasteiger partial charge in [0.1, 0.15) is 0 Å². The average Bonchev–Trinajstić information content (AvgIpc) is 2.95. The van der Waals surface area contributed by atoms with Crippen LogP contribution >= 0.6 is 43.2 Å². The maximum Gasteiger partial charge on any atom is 0.0738 e. The first kappa shape index (κ1) is 15.0. The number of alkyl halides is 1. The molecule has 3 aromatic rings. The Balaban J connectivity index is 1.75. The van der Waals surface area contributed by atoms with Crippen molar-refractivity contribution in [2.45, 2.75) is 11.2 Å². The van der Waals surface area contributed by atoms with Crippen LogP contribution in [0.3, 0.4) is 0 Å².